The van der Waals surface area contributed by atoms with Gasteiger partial charge in [0.05, 0.1) is 46.6 Å². The first-order chi connectivity index (χ1) is 18.9. The van der Waals surface area contributed by atoms with Crippen molar-refractivity contribution >= 4 is 34.0 Å². The summed E-state index contributed by atoms with van der Waals surface area (Å²) in [6.45, 7) is 3.59. The topological polar surface area (TPSA) is 147 Å². The van der Waals surface area contributed by atoms with Gasteiger partial charge in [-0.2, -0.15) is 5.26 Å². The van der Waals surface area contributed by atoms with Gasteiger partial charge >= 0.3 is 6.09 Å². The van der Waals surface area contributed by atoms with Crippen LogP contribution in [0.2, 0.25) is 0 Å². The van der Waals surface area contributed by atoms with Crippen LogP contribution in [0.4, 0.5) is 10.5 Å². The number of anilines is 1. The van der Waals surface area contributed by atoms with Crippen LogP contribution in [0.1, 0.15) is 41.1 Å². The smallest absolute Gasteiger partial charge is 0.410 e. The van der Waals surface area contributed by atoms with Gasteiger partial charge in [0, 0.05) is 24.0 Å². The maximum Gasteiger partial charge on any atom is 0.410 e. The van der Waals surface area contributed by atoms with Gasteiger partial charge in [0.15, 0.2) is 0 Å². The van der Waals surface area contributed by atoms with E-state index in [0.29, 0.717) is 57.7 Å². The molecule has 2 aromatic heterocycles. The van der Waals surface area contributed by atoms with Gasteiger partial charge in [-0.25, -0.2) is 14.8 Å². The number of amides is 1. The first-order valence-corrected chi connectivity index (χ1v) is 13.5. The van der Waals surface area contributed by atoms with E-state index >= 15 is 0 Å². The fraction of sp³-hybridized carbons (Fsp3) is 0.321. The molecule has 4 aromatic rings. The summed E-state index contributed by atoms with van der Waals surface area (Å²) >= 11 is 1.35. The molecule has 1 atom stereocenters. The Morgan fingerprint density at radius 3 is 2.72 bits per heavy atom. The van der Waals surface area contributed by atoms with Crippen LogP contribution in [0.15, 0.2) is 47.4 Å². The Morgan fingerprint density at radius 1 is 1.23 bits per heavy atom. The third kappa shape index (κ3) is 5.48. The molecule has 4 heterocycles. The number of fused-ring (bicyclic) bond motifs is 2. The van der Waals surface area contributed by atoms with Gasteiger partial charge in [-0.05, 0) is 56.0 Å². The first kappa shape index (κ1) is 26.3. The Morgan fingerprint density at radius 2 is 2.03 bits per heavy atom. The minimum atomic E-state index is -0.176. The van der Waals surface area contributed by atoms with E-state index in [1.54, 1.807) is 42.0 Å². The second-order valence-corrected chi connectivity index (χ2v) is 10.6. The second-order valence-electron chi connectivity index (χ2n) is 9.53. The fourth-order valence-corrected chi connectivity index (χ4v) is 5.61. The second kappa shape index (κ2) is 11.2. The number of nitriles is 1. The highest BCUT2D eigenvalue weighted by Gasteiger charge is 2.34. The van der Waals surface area contributed by atoms with Crippen LogP contribution in [0.25, 0.3) is 21.5 Å². The van der Waals surface area contributed by atoms with Crippen molar-refractivity contribution in [2.75, 3.05) is 18.9 Å². The predicted octanol–water partition coefficient (Wildman–Crippen LogP) is 3.81. The normalized spacial score (nSPS) is 16.3. The molecule has 11 heteroatoms. The molecular formula is C28H28N6O4S. The van der Waals surface area contributed by atoms with Crippen LogP contribution >= 0.6 is 11.3 Å². The summed E-state index contributed by atoms with van der Waals surface area (Å²) in [6.07, 6.45) is 5.03. The van der Waals surface area contributed by atoms with E-state index in [0.717, 1.165) is 29.8 Å². The molecule has 2 saturated heterocycles. The average molecular weight is 545 g/mol. The lowest BCUT2D eigenvalue weighted by molar-refractivity contribution is 0.154. The van der Waals surface area contributed by atoms with Gasteiger partial charge in [-0.3, -0.25) is 9.36 Å². The van der Waals surface area contributed by atoms with E-state index in [2.05, 4.69) is 16.0 Å². The number of nitrogens with two attached hydrogens (primary N) is 1. The molecule has 1 unspecified atom stereocenters. The van der Waals surface area contributed by atoms with Gasteiger partial charge in [0.25, 0.3) is 5.56 Å². The van der Waals surface area contributed by atoms with Crippen molar-refractivity contribution in [2.24, 2.45) is 0 Å². The van der Waals surface area contributed by atoms with E-state index in [1.165, 1.54) is 17.8 Å². The number of hydrogen-bond acceptors (Lipinski definition) is 9. The number of hydrogen-bond donors (Lipinski definition) is 2. The molecule has 200 valence electrons. The summed E-state index contributed by atoms with van der Waals surface area (Å²) < 4.78 is 6.48. The lowest BCUT2D eigenvalue weighted by Gasteiger charge is -2.25. The van der Waals surface area contributed by atoms with Gasteiger partial charge in [-0.1, -0.05) is 12.1 Å². The molecule has 0 aliphatic carbocycles. The van der Waals surface area contributed by atoms with Crippen LogP contribution in [0, 0.1) is 18.3 Å². The Hall–Kier alpha value is -4.27. The number of cyclic esters (lactones) is 1. The molecule has 10 nitrogen and oxygen atoms in total. The van der Waals surface area contributed by atoms with Crippen LogP contribution in [-0.4, -0.2) is 49.8 Å². The summed E-state index contributed by atoms with van der Waals surface area (Å²) in [7, 11) is 0. The van der Waals surface area contributed by atoms with Crippen molar-refractivity contribution in [2.45, 2.75) is 45.4 Å². The van der Waals surface area contributed by atoms with Crippen molar-refractivity contribution in [3.63, 3.8) is 0 Å². The molecule has 1 amide bonds. The van der Waals surface area contributed by atoms with Gasteiger partial charge in [-0.15, -0.1) is 11.3 Å². The van der Waals surface area contributed by atoms with E-state index in [9.17, 15) is 14.7 Å². The summed E-state index contributed by atoms with van der Waals surface area (Å²) in [5.74, 6) is 0.581. The molecule has 2 aliphatic rings. The van der Waals surface area contributed by atoms with Gasteiger partial charge in [0.2, 0.25) is 0 Å². The Balaban J connectivity index is 0.000000257. The highest BCUT2D eigenvalue weighted by molar-refractivity contribution is 7.15. The number of aliphatic hydroxyl groups excluding tert-OH is 1. The maximum atomic E-state index is 13.1. The number of ether oxygens (including phenoxy) is 1. The van der Waals surface area contributed by atoms with E-state index in [4.69, 9.17) is 15.7 Å². The van der Waals surface area contributed by atoms with Gasteiger partial charge in [0.1, 0.15) is 17.4 Å². The number of nitrogen functional groups attached to an aromatic ring is 1. The SMILES string of the molecule is Cc1nc2cc(-c3ncc(CO)s3)c(N)cc2c(=O)n1Cc1ccc(C#N)cc1.O=C1OCC2CCCCN12. The molecule has 2 aliphatic heterocycles. The minimum Gasteiger partial charge on any atom is -0.447 e. The highest BCUT2D eigenvalue weighted by atomic mass is 32.1. The fourth-order valence-electron chi connectivity index (χ4n) is 4.80. The lowest BCUT2D eigenvalue weighted by atomic mass is 10.0. The predicted molar refractivity (Wildman–Crippen MR) is 148 cm³/mol. The number of benzene rings is 2. The maximum absolute atomic E-state index is 13.1. The summed E-state index contributed by atoms with van der Waals surface area (Å²) in [5.41, 5.74) is 9.18. The number of nitrogens with zero attached hydrogens (tertiary/aromatic N) is 5. The molecule has 0 spiro atoms. The van der Waals surface area contributed by atoms with E-state index < -0.39 is 0 Å². The summed E-state index contributed by atoms with van der Waals surface area (Å²) in [6, 6.07) is 13.0. The average Bonchev–Trinajstić information content (AvgIpc) is 3.59. The number of aliphatic hydroxyl groups is 1. The molecule has 6 rings (SSSR count). The zero-order chi connectivity index (χ0) is 27.5. The molecule has 2 fully saturated rings. The highest BCUT2D eigenvalue weighted by Crippen LogP contribution is 2.32. The lowest BCUT2D eigenvalue weighted by Crippen LogP contribution is -2.37. The van der Waals surface area contributed by atoms with E-state index in [-0.39, 0.29) is 18.3 Å². The third-order valence-corrected chi connectivity index (χ3v) is 7.96. The zero-order valence-corrected chi connectivity index (χ0v) is 22.3. The van der Waals surface area contributed by atoms with Gasteiger partial charge < -0.3 is 20.5 Å². The minimum absolute atomic E-state index is 0.0808. The summed E-state index contributed by atoms with van der Waals surface area (Å²) in [5, 5.41) is 19.3. The third-order valence-electron chi connectivity index (χ3n) is 6.94. The molecule has 3 N–H and O–H groups in total. The number of aromatic nitrogens is 3. The Bertz CT molecular complexity index is 1620. The Kier molecular flexibility index (Phi) is 7.58. The van der Waals surface area contributed by atoms with Crippen molar-refractivity contribution in [3.8, 4) is 16.6 Å². The van der Waals surface area contributed by atoms with Crippen molar-refractivity contribution in [1.82, 2.24) is 19.4 Å². The molecule has 39 heavy (non-hydrogen) atoms. The first-order valence-electron chi connectivity index (χ1n) is 12.7. The molecule has 0 bridgehead atoms. The number of rotatable bonds is 4. The van der Waals surface area contributed by atoms with Crippen LogP contribution in [0.5, 0.6) is 0 Å². The van der Waals surface area contributed by atoms with Crippen molar-refractivity contribution < 1.29 is 14.6 Å². The number of thiazole rings is 1. The quantitative estimate of drug-likeness (QED) is 0.369. The number of aryl methyl sites for hydroxylation is 1. The monoisotopic (exact) mass is 544 g/mol. The zero-order valence-electron chi connectivity index (χ0n) is 21.5. The van der Waals surface area contributed by atoms with Crippen LogP contribution in [0.3, 0.4) is 0 Å². The summed E-state index contributed by atoms with van der Waals surface area (Å²) in [4.78, 5) is 35.5. The number of carbonyl (C=O) groups is 1. The van der Waals surface area contributed by atoms with Crippen LogP contribution in [-0.2, 0) is 17.9 Å². The standard InChI is InChI=1S/C21H17N5O2S.C7H11NO2/c1-12-25-19-7-16(20-24-9-15(11-27)29-20)18(23)6-17(19)21(28)26(12)10-14-4-2-13(8-22)3-5-14;9-7-8-4-2-1-3-6(8)5-10-7/h2-7,9,27H,10-11,23H2,1H3;6H,1-5H2. The molecule has 0 saturated carbocycles. The molecule has 2 aromatic carbocycles. The van der Waals surface area contributed by atoms with Crippen molar-refractivity contribution in [3.05, 3.63) is 74.8 Å². The largest absolute Gasteiger partial charge is 0.447 e. The molecular weight excluding hydrogens is 516 g/mol. The van der Waals surface area contributed by atoms with E-state index in [1.807, 2.05) is 17.0 Å². The van der Waals surface area contributed by atoms with Crippen LogP contribution < -0.4 is 11.3 Å². The van der Waals surface area contributed by atoms with Crippen molar-refractivity contribution in [1.29, 1.82) is 5.26 Å². The number of piperidine rings is 1. The Labute approximate surface area is 228 Å². The number of carbonyl (C=O) groups excluding carboxylic acids is 1. The molecule has 0 radical (unpaired) electrons.